The van der Waals surface area contributed by atoms with Crippen LogP contribution in [0, 0.1) is 0 Å². The largest absolute Gasteiger partial charge is 0.419 e. The summed E-state index contributed by atoms with van der Waals surface area (Å²) in [6.07, 6.45) is 1.33. The zero-order chi connectivity index (χ0) is 5.82. The SMILES string of the molecule is CCSc1nnco1. The molecule has 0 saturated heterocycles. The van der Waals surface area contributed by atoms with Crippen molar-refractivity contribution in [2.24, 2.45) is 0 Å². The van der Waals surface area contributed by atoms with Crippen molar-refractivity contribution in [3.63, 3.8) is 0 Å². The topological polar surface area (TPSA) is 38.9 Å². The Bertz CT molecular complexity index is 140. The standard InChI is InChI=1S/C4H6N2OS/c1-2-8-4-6-5-3-7-4/h3H,2H2,1H3. The van der Waals surface area contributed by atoms with Gasteiger partial charge in [0.2, 0.25) is 6.39 Å². The molecule has 8 heavy (non-hydrogen) atoms. The van der Waals surface area contributed by atoms with E-state index in [9.17, 15) is 0 Å². The maximum Gasteiger partial charge on any atom is 0.276 e. The number of hydrogen-bond acceptors (Lipinski definition) is 4. The molecule has 0 atom stereocenters. The van der Waals surface area contributed by atoms with Gasteiger partial charge in [-0.25, -0.2) is 0 Å². The molecule has 0 unspecified atom stereocenters. The van der Waals surface area contributed by atoms with Crippen molar-refractivity contribution in [3.05, 3.63) is 6.39 Å². The molecule has 0 amide bonds. The zero-order valence-corrected chi connectivity index (χ0v) is 5.31. The van der Waals surface area contributed by atoms with Crippen molar-refractivity contribution < 1.29 is 4.42 Å². The molecule has 0 aliphatic heterocycles. The Balaban J connectivity index is 2.50. The lowest BCUT2D eigenvalue weighted by atomic mass is 11.0. The average molecular weight is 130 g/mol. The molecule has 0 aliphatic rings. The van der Waals surface area contributed by atoms with Gasteiger partial charge in [-0.1, -0.05) is 18.7 Å². The van der Waals surface area contributed by atoms with Crippen LogP contribution in [0.2, 0.25) is 0 Å². The van der Waals surface area contributed by atoms with Crippen LogP contribution in [-0.2, 0) is 0 Å². The summed E-state index contributed by atoms with van der Waals surface area (Å²) in [6.45, 7) is 2.04. The van der Waals surface area contributed by atoms with Crippen LogP contribution in [0.3, 0.4) is 0 Å². The van der Waals surface area contributed by atoms with E-state index in [4.69, 9.17) is 4.42 Å². The van der Waals surface area contributed by atoms with Crippen molar-refractivity contribution in [2.75, 3.05) is 5.75 Å². The normalized spacial score (nSPS) is 9.62. The fourth-order valence-corrected chi connectivity index (χ4v) is 0.812. The molecule has 0 radical (unpaired) electrons. The predicted molar refractivity (Wildman–Crippen MR) is 30.7 cm³/mol. The Kier molecular flexibility index (Phi) is 1.91. The minimum absolute atomic E-state index is 0.646. The monoisotopic (exact) mass is 130 g/mol. The minimum Gasteiger partial charge on any atom is -0.419 e. The lowest BCUT2D eigenvalue weighted by molar-refractivity contribution is 0.453. The van der Waals surface area contributed by atoms with Crippen LogP contribution in [0.4, 0.5) is 0 Å². The van der Waals surface area contributed by atoms with Gasteiger partial charge in [0.25, 0.3) is 5.22 Å². The summed E-state index contributed by atoms with van der Waals surface area (Å²) in [5, 5.41) is 7.80. The Morgan fingerprint density at radius 2 is 2.75 bits per heavy atom. The lowest BCUT2D eigenvalue weighted by Crippen LogP contribution is -1.70. The summed E-state index contributed by atoms with van der Waals surface area (Å²) in [4.78, 5) is 0. The average Bonchev–Trinajstić information content (AvgIpc) is 2.19. The van der Waals surface area contributed by atoms with E-state index in [0.29, 0.717) is 5.22 Å². The molecule has 4 heteroatoms. The number of aromatic nitrogens is 2. The first-order valence-corrected chi connectivity index (χ1v) is 3.31. The first-order chi connectivity index (χ1) is 3.93. The van der Waals surface area contributed by atoms with Gasteiger partial charge in [-0.05, 0) is 5.75 Å². The molecule has 0 N–H and O–H groups in total. The second kappa shape index (κ2) is 2.71. The fourth-order valence-electron chi connectivity index (χ4n) is 0.349. The summed E-state index contributed by atoms with van der Waals surface area (Å²) in [7, 11) is 0. The van der Waals surface area contributed by atoms with E-state index < -0.39 is 0 Å². The summed E-state index contributed by atoms with van der Waals surface area (Å²) in [5.41, 5.74) is 0. The number of nitrogens with zero attached hydrogens (tertiary/aromatic N) is 2. The van der Waals surface area contributed by atoms with Gasteiger partial charge in [-0.15, -0.1) is 10.2 Å². The Hall–Kier alpha value is -0.510. The van der Waals surface area contributed by atoms with Crippen molar-refractivity contribution in [3.8, 4) is 0 Å². The first kappa shape index (κ1) is 5.62. The van der Waals surface area contributed by atoms with Gasteiger partial charge in [-0.2, -0.15) is 0 Å². The predicted octanol–water partition coefficient (Wildman–Crippen LogP) is 1.18. The molecule has 44 valence electrons. The van der Waals surface area contributed by atoms with Crippen LogP contribution in [0.5, 0.6) is 0 Å². The molecule has 1 heterocycles. The van der Waals surface area contributed by atoms with Crippen LogP contribution < -0.4 is 0 Å². The van der Waals surface area contributed by atoms with E-state index in [-0.39, 0.29) is 0 Å². The fraction of sp³-hybridized carbons (Fsp3) is 0.500. The zero-order valence-electron chi connectivity index (χ0n) is 4.50. The van der Waals surface area contributed by atoms with Crippen LogP contribution in [0.1, 0.15) is 6.92 Å². The molecule has 0 aromatic carbocycles. The van der Waals surface area contributed by atoms with Gasteiger partial charge in [0.05, 0.1) is 0 Å². The van der Waals surface area contributed by atoms with Gasteiger partial charge in [0.15, 0.2) is 0 Å². The Labute approximate surface area is 51.5 Å². The molecule has 0 spiro atoms. The molecule has 0 saturated carbocycles. The highest BCUT2D eigenvalue weighted by Gasteiger charge is 1.93. The first-order valence-electron chi connectivity index (χ1n) is 2.32. The highest BCUT2D eigenvalue weighted by atomic mass is 32.2. The summed E-state index contributed by atoms with van der Waals surface area (Å²) in [5.74, 6) is 0.974. The van der Waals surface area contributed by atoms with E-state index in [0.717, 1.165) is 5.75 Å². The molecule has 1 rings (SSSR count). The van der Waals surface area contributed by atoms with E-state index in [1.54, 1.807) is 11.8 Å². The highest BCUT2D eigenvalue weighted by molar-refractivity contribution is 7.99. The molecular weight excluding hydrogens is 124 g/mol. The minimum atomic E-state index is 0.646. The molecule has 0 fully saturated rings. The third-order valence-corrected chi connectivity index (χ3v) is 1.32. The molecule has 0 bridgehead atoms. The van der Waals surface area contributed by atoms with Gasteiger partial charge in [0, 0.05) is 0 Å². The van der Waals surface area contributed by atoms with Crippen molar-refractivity contribution in [2.45, 2.75) is 12.1 Å². The van der Waals surface area contributed by atoms with Gasteiger partial charge in [0.1, 0.15) is 0 Å². The number of thioether (sulfide) groups is 1. The molecule has 3 nitrogen and oxygen atoms in total. The van der Waals surface area contributed by atoms with Crippen LogP contribution >= 0.6 is 11.8 Å². The van der Waals surface area contributed by atoms with Crippen LogP contribution in [-0.4, -0.2) is 16.0 Å². The van der Waals surface area contributed by atoms with Crippen molar-refractivity contribution in [1.29, 1.82) is 0 Å². The van der Waals surface area contributed by atoms with E-state index in [1.165, 1.54) is 6.39 Å². The van der Waals surface area contributed by atoms with Crippen LogP contribution in [0.25, 0.3) is 0 Å². The second-order valence-electron chi connectivity index (χ2n) is 1.14. The Morgan fingerprint density at radius 3 is 3.25 bits per heavy atom. The van der Waals surface area contributed by atoms with Crippen LogP contribution in [0.15, 0.2) is 16.0 Å². The van der Waals surface area contributed by atoms with Crippen molar-refractivity contribution in [1.82, 2.24) is 10.2 Å². The van der Waals surface area contributed by atoms with Gasteiger partial charge in [-0.3, -0.25) is 0 Å². The maximum atomic E-state index is 4.81. The molecular formula is C4H6N2OS. The lowest BCUT2D eigenvalue weighted by Gasteiger charge is -1.81. The third kappa shape index (κ3) is 1.23. The Morgan fingerprint density at radius 1 is 1.88 bits per heavy atom. The molecule has 1 aromatic heterocycles. The van der Waals surface area contributed by atoms with Crippen molar-refractivity contribution >= 4 is 11.8 Å². The third-order valence-electron chi connectivity index (χ3n) is 0.608. The van der Waals surface area contributed by atoms with Gasteiger partial charge < -0.3 is 4.42 Å². The molecule has 0 aliphatic carbocycles. The van der Waals surface area contributed by atoms with E-state index >= 15 is 0 Å². The van der Waals surface area contributed by atoms with E-state index in [2.05, 4.69) is 10.2 Å². The maximum absolute atomic E-state index is 4.81. The number of rotatable bonds is 2. The summed E-state index contributed by atoms with van der Waals surface area (Å²) >= 11 is 1.54. The number of hydrogen-bond donors (Lipinski definition) is 0. The summed E-state index contributed by atoms with van der Waals surface area (Å²) in [6, 6.07) is 0. The highest BCUT2D eigenvalue weighted by Crippen LogP contribution is 2.11. The quantitative estimate of drug-likeness (QED) is 0.563. The molecule has 1 aromatic rings. The van der Waals surface area contributed by atoms with E-state index in [1.807, 2.05) is 6.92 Å². The smallest absolute Gasteiger partial charge is 0.276 e. The summed E-state index contributed by atoms with van der Waals surface area (Å²) < 4.78 is 4.81. The van der Waals surface area contributed by atoms with Gasteiger partial charge >= 0.3 is 0 Å². The second-order valence-corrected chi connectivity index (χ2v) is 2.35.